The number of nitrogens with one attached hydrogen (secondary N) is 2. The van der Waals surface area contributed by atoms with Crippen molar-refractivity contribution >= 4 is 15.7 Å². The zero-order chi connectivity index (χ0) is 15.4. The molecule has 1 amide bonds. The first kappa shape index (κ1) is 16.7. The van der Waals surface area contributed by atoms with Gasteiger partial charge in [-0.1, -0.05) is 12.1 Å². The molecule has 0 aromatic heterocycles. The van der Waals surface area contributed by atoms with E-state index in [9.17, 15) is 13.2 Å². The molecule has 0 spiro atoms. The van der Waals surface area contributed by atoms with Gasteiger partial charge in [0.15, 0.2) is 9.84 Å². The van der Waals surface area contributed by atoms with Gasteiger partial charge in [0.2, 0.25) is 5.91 Å². The van der Waals surface area contributed by atoms with Crippen molar-refractivity contribution in [1.82, 2.24) is 10.6 Å². The Morgan fingerprint density at radius 2 is 1.70 bits per heavy atom. The van der Waals surface area contributed by atoms with Crippen LogP contribution in [-0.4, -0.2) is 32.7 Å². The van der Waals surface area contributed by atoms with Crippen LogP contribution < -0.4 is 10.6 Å². The Balaban J connectivity index is 2.45. The molecule has 0 bridgehead atoms. The minimum atomic E-state index is -3.16. The standard InChI is InChI=1S/C14H22N2O3S/c1-14(2,3)16-13(17)10-15-9-11-5-7-12(8-6-11)20(4,18)19/h5-8,15H,9-10H2,1-4H3,(H,16,17). The van der Waals surface area contributed by atoms with Crippen molar-refractivity contribution in [1.29, 1.82) is 0 Å². The van der Waals surface area contributed by atoms with E-state index in [4.69, 9.17) is 0 Å². The van der Waals surface area contributed by atoms with Crippen molar-refractivity contribution in [2.45, 2.75) is 37.8 Å². The smallest absolute Gasteiger partial charge is 0.234 e. The molecule has 0 aliphatic heterocycles. The van der Waals surface area contributed by atoms with Crippen LogP contribution in [-0.2, 0) is 21.2 Å². The molecule has 0 fully saturated rings. The van der Waals surface area contributed by atoms with Crippen LogP contribution in [0.2, 0.25) is 0 Å². The van der Waals surface area contributed by atoms with E-state index < -0.39 is 9.84 Å². The lowest BCUT2D eigenvalue weighted by Crippen LogP contribution is -2.44. The molecule has 1 aromatic carbocycles. The van der Waals surface area contributed by atoms with Crippen LogP contribution in [0, 0.1) is 0 Å². The molecule has 0 saturated heterocycles. The van der Waals surface area contributed by atoms with Gasteiger partial charge in [-0.15, -0.1) is 0 Å². The maximum Gasteiger partial charge on any atom is 0.234 e. The second-order valence-corrected chi connectivity index (χ2v) is 7.83. The second kappa shape index (κ2) is 6.37. The number of rotatable bonds is 5. The van der Waals surface area contributed by atoms with Gasteiger partial charge in [-0.25, -0.2) is 8.42 Å². The van der Waals surface area contributed by atoms with Gasteiger partial charge < -0.3 is 10.6 Å². The molecular formula is C14H22N2O3S. The molecule has 0 aliphatic rings. The Morgan fingerprint density at radius 3 is 2.15 bits per heavy atom. The third-order valence-electron chi connectivity index (χ3n) is 2.48. The van der Waals surface area contributed by atoms with E-state index in [1.54, 1.807) is 24.3 Å². The SMILES string of the molecule is CC(C)(C)NC(=O)CNCc1ccc(S(C)(=O)=O)cc1. The lowest BCUT2D eigenvalue weighted by molar-refractivity contribution is -0.121. The molecule has 0 radical (unpaired) electrons. The molecule has 0 atom stereocenters. The fraction of sp³-hybridized carbons (Fsp3) is 0.500. The third kappa shape index (κ3) is 6.16. The zero-order valence-electron chi connectivity index (χ0n) is 12.4. The van der Waals surface area contributed by atoms with Gasteiger partial charge in [0.05, 0.1) is 11.4 Å². The van der Waals surface area contributed by atoms with Crippen molar-refractivity contribution in [3.63, 3.8) is 0 Å². The minimum absolute atomic E-state index is 0.0646. The highest BCUT2D eigenvalue weighted by Crippen LogP contribution is 2.10. The fourth-order valence-electron chi connectivity index (χ4n) is 1.64. The summed E-state index contributed by atoms with van der Waals surface area (Å²) in [5.74, 6) is -0.0646. The van der Waals surface area contributed by atoms with Crippen molar-refractivity contribution in [2.24, 2.45) is 0 Å². The van der Waals surface area contributed by atoms with Gasteiger partial charge in [0, 0.05) is 18.3 Å². The van der Waals surface area contributed by atoms with Gasteiger partial charge in [-0.3, -0.25) is 4.79 Å². The number of sulfone groups is 1. The largest absolute Gasteiger partial charge is 0.350 e. The van der Waals surface area contributed by atoms with Gasteiger partial charge >= 0.3 is 0 Å². The van der Waals surface area contributed by atoms with Crippen LogP contribution in [0.25, 0.3) is 0 Å². The molecule has 1 rings (SSSR count). The molecule has 0 unspecified atom stereocenters. The number of benzene rings is 1. The number of carbonyl (C=O) groups excluding carboxylic acids is 1. The van der Waals surface area contributed by atoms with Crippen LogP contribution in [0.5, 0.6) is 0 Å². The minimum Gasteiger partial charge on any atom is -0.350 e. The molecule has 5 nitrogen and oxygen atoms in total. The quantitative estimate of drug-likeness (QED) is 0.853. The van der Waals surface area contributed by atoms with E-state index in [1.807, 2.05) is 20.8 Å². The summed E-state index contributed by atoms with van der Waals surface area (Å²) >= 11 is 0. The molecule has 20 heavy (non-hydrogen) atoms. The summed E-state index contributed by atoms with van der Waals surface area (Å²) in [6.07, 6.45) is 1.18. The lowest BCUT2D eigenvalue weighted by Gasteiger charge is -2.20. The Morgan fingerprint density at radius 1 is 1.15 bits per heavy atom. The zero-order valence-corrected chi connectivity index (χ0v) is 13.2. The fourth-order valence-corrected chi connectivity index (χ4v) is 2.27. The van der Waals surface area contributed by atoms with E-state index in [0.29, 0.717) is 11.4 Å². The number of carbonyl (C=O) groups is 1. The summed E-state index contributed by atoms with van der Waals surface area (Å²) in [5, 5.41) is 5.87. The van der Waals surface area contributed by atoms with Crippen LogP contribution in [0.15, 0.2) is 29.2 Å². The Labute approximate surface area is 120 Å². The van der Waals surface area contributed by atoms with E-state index >= 15 is 0 Å². The highest BCUT2D eigenvalue weighted by Gasteiger charge is 2.13. The predicted octanol–water partition coefficient (Wildman–Crippen LogP) is 1.09. The highest BCUT2D eigenvalue weighted by atomic mass is 32.2. The molecule has 112 valence electrons. The molecule has 6 heteroatoms. The third-order valence-corrected chi connectivity index (χ3v) is 3.61. The number of hydrogen-bond donors (Lipinski definition) is 2. The van der Waals surface area contributed by atoms with Crippen molar-refractivity contribution in [2.75, 3.05) is 12.8 Å². The summed E-state index contributed by atoms with van der Waals surface area (Å²) in [6, 6.07) is 6.62. The van der Waals surface area contributed by atoms with Crippen LogP contribution >= 0.6 is 0 Å². The molecule has 1 aromatic rings. The van der Waals surface area contributed by atoms with Gasteiger partial charge in [0.1, 0.15) is 0 Å². The summed E-state index contributed by atoms with van der Waals surface area (Å²) in [6.45, 7) is 6.52. The summed E-state index contributed by atoms with van der Waals surface area (Å²) in [7, 11) is -3.16. The molecular weight excluding hydrogens is 276 g/mol. The average molecular weight is 298 g/mol. The van der Waals surface area contributed by atoms with Gasteiger partial charge in [-0.2, -0.15) is 0 Å². The van der Waals surface area contributed by atoms with Crippen LogP contribution in [0.3, 0.4) is 0 Å². The molecule has 2 N–H and O–H groups in total. The number of amides is 1. The normalized spacial score (nSPS) is 12.2. The van der Waals surface area contributed by atoms with Crippen molar-refractivity contribution in [3.8, 4) is 0 Å². The highest BCUT2D eigenvalue weighted by molar-refractivity contribution is 7.90. The Bertz CT molecular complexity index is 557. The van der Waals surface area contributed by atoms with E-state index in [-0.39, 0.29) is 18.0 Å². The van der Waals surface area contributed by atoms with Crippen LogP contribution in [0.1, 0.15) is 26.3 Å². The van der Waals surface area contributed by atoms with Crippen molar-refractivity contribution in [3.05, 3.63) is 29.8 Å². The van der Waals surface area contributed by atoms with E-state index in [0.717, 1.165) is 5.56 Å². The van der Waals surface area contributed by atoms with Gasteiger partial charge in [0.25, 0.3) is 0 Å². The second-order valence-electron chi connectivity index (χ2n) is 5.82. The van der Waals surface area contributed by atoms with Crippen LogP contribution in [0.4, 0.5) is 0 Å². The first-order valence-electron chi connectivity index (χ1n) is 6.39. The van der Waals surface area contributed by atoms with E-state index in [1.165, 1.54) is 6.26 Å². The first-order chi connectivity index (χ1) is 9.08. The first-order valence-corrected chi connectivity index (χ1v) is 8.28. The molecule has 0 saturated carbocycles. The lowest BCUT2D eigenvalue weighted by atomic mass is 10.1. The summed E-state index contributed by atoms with van der Waals surface area (Å²) in [4.78, 5) is 11.9. The maximum atomic E-state index is 11.6. The maximum absolute atomic E-state index is 11.6. The monoisotopic (exact) mass is 298 g/mol. The van der Waals surface area contributed by atoms with Gasteiger partial charge in [-0.05, 0) is 38.5 Å². The average Bonchev–Trinajstić information content (AvgIpc) is 2.26. The molecule has 0 heterocycles. The summed E-state index contributed by atoms with van der Waals surface area (Å²) < 4.78 is 22.6. The van der Waals surface area contributed by atoms with Crippen molar-refractivity contribution < 1.29 is 13.2 Å². The summed E-state index contributed by atoms with van der Waals surface area (Å²) in [5.41, 5.74) is 0.691. The topological polar surface area (TPSA) is 75.3 Å². The molecule has 0 aliphatic carbocycles. The van der Waals surface area contributed by atoms with E-state index in [2.05, 4.69) is 10.6 Å². The number of hydrogen-bond acceptors (Lipinski definition) is 4. The Hall–Kier alpha value is -1.40. The Kier molecular flexibility index (Phi) is 5.30. The predicted molar refractivity (Wildman–Crippen MR) is 79.2 cm³/mol.